The minimum absolute atomic E-state index is 0.179. The van der Waals surface area contributed by atoms with Crippen LogP contribution in [0.15, 0.2) is 24.5 Å². The first-order valence-electron chi connectivity index (χ1n) is 7.72. The lowest BCUT2D eigenvalue weighted by atomic mass is 10.1. The zero-order valence-electron chi connectivity index (χ0n) is 15.0. The number of anilines is 1. The van der Waals surface area contributed by atoms with Crippen molar-refractivity contribution < 1.29 is 14.3 Å². The summed E-state index contributed by atoms with van der Waals surface area (Å²) in [7, 11) is 4.62. The second kappa shape index (κ2) is 8.72. The zero-order chi connectivity index (χ0) is 19.3. The largest absolute Gasteiger partial charge is 0.465 e. The van der Waals surface area contributed by atoms with Crippen LogP contribution in [0.25, 0.3) is 0 Å². The maximum Gasteiger partial charge on any atom is 0.341 e. The monoisotopic (exact) mass is 392 g/mol. The Labute approximate surface area is 161 Å². The molecule has 1 amide bonds. The summed E-state index contributed by atoms with van der Waals surface area (Å²) in [6.07, 6.45) is 3.40. The number of carbonyl (C=O) groups excluding carboxylic acids is 2. The Kier molecular flexibility index (Phi) is 6.64. The van der Waals surface area contributed by atoms with Crippen LogP contribution in [0.3, 0.4) is 0 Å². The number of esters is 1. The van der Waals surface area contributed by atoms with E-state index in [1.165, 1.54) is 23.3 Å². The fourth-order valence-electron chi connectivity index (χ4n) is 2.19. The van der Waals surface area contributed by atoms with Crippen molar-refractivity contribution >= 4 is 45.5 Å². The van der Waals surface area contributed by atoms with E-state index in [0.717, 1.165) is 5.56 Å². The van der Waals surface area contributed by atoms with Gasteiger partial charge >= 0.3 is 5.97 Å². The van der Waals surface area contributed by atoms with Crippen molar-refractivity contribution in [3.05, 3.63) is 46.1 Å². The van der Waals surface area contributed by atoms with Crippen LogP contribution in [0, 0.1) is 6.92 Å². The predicted molar refractivity (Wildman–Crippen MR) is 106 cm³/mol. The molecule has 2 N–H and O–H groups in total. The van der Waals surface area contributed by atoms with Crippen LogP contribution in [0.1, 0.15) is 31.2 Å². The molecule has 0 aliphatic rings. The summed E-state index contributed by atoms with van der Waals surface area (Å²) < 4.78 is 4.85. The third-order valence-electron chi connectivity index (χ3n) is 3.57. The third-order valence-corrected chi connectivity index (χ3v) is 5.01. The molecular weight excluding hydrogens is 372 g/mol. The van der Waals surface area contributed by atoms with Crippen molar-refractivity contribution in [3.63, 3.8) is 0 Å². The molecule has 0 aliphatic heterocycles. The highest BCUT2D eigenvalue weighted by Gasteiger charge is 2.26. The summed E-state index contributed by atoms with van der Waals surface area (Å²) in [5.41, 5.74) is 1.90. The molecule has 0 saturated carbocycles. The summed E-state index contributed by atoms with van der Waals surface area (Å²) in [6.45, 7) is 2.23. The number of ether oxygens (including phenoxy) is 1. The average Bonchev–Trinajstić information content (AvgIpc) is 2.95. The number of nitrogens with zero attached hydrogens (tertiary/aromatic N) is 2. The van der Waals surface area contributed by atoms with Gasteiger partial charge in [0.05, 0.1) is 17.6 Å². The lowest BCUT2D eigenvalue weighted by molar-refractivity contribution is 0.0601. The SMILES string of the molecule is COC(=O)c1c(NC(=S)NCc2ccncc2)sc(C(=O)N(C)C)c1C. The molecule has 0 radical (unpaired) electrons. The van der Waals surface area contributed by atoms with E-state index >= 15 is 0 Å². The van der Waals surface area contributed by atoms with Gasteiger partial charge in [0, 0.05) is 33.0 Å². The number of thiophene rings is 1. The van der Waals surface area contributed by atoms with Crippen LogP contribution >= 0.6 is 23.6 Å². The Balaban J connectivity index is 2.21. The second-order valence-corrected chi connectivity index (χ2v) is 7.04. The lowest BCUT2D eigenvalue weighted by Gasteiger charge is -2.10. The fraction of sp³-hybridized carbons (Fsp3) is 0.294. The molecule has 26 heavy (non-hydrogen) atoms. The number of rotatable bonds is 5. The molecule has 0 fully saturated rings. The molecule has 2 aromatic rings. The van der Waals surface area contributed by atoms with Gasteiger partial charge in [-0.15, -0.1) is 11.3 Å². The van der Waals surface area contributed by atoms with E-state index in [9.17, 15) is 9.59 Å². The Bertz CT molecular complexity index is 819. The standard InChI is InChI=1S/C17H20N4O3S2/c1-10-12(16(23)24-4)14(26-13(10)15(22)21(2)3)20-17(25)19-9-11-5-7-18-8-6-11/h5-8H,9H2,1-4H3,(H2,19,20,25). The van der Waals surface area contributed by atoms with Gasteiger partial charge in [0.1, 0.15) is 5.00 Å². The highest BCUT2D eigenvalue weighted by Crippen LogP contribution is 2.34. The first-order valence-corrected chi connectivity index (χ1v) is 8.94. The summed E-state index contributed by atoms with van der Waals surface area (Å²) in [6, 6.07) is 3.75. The molecule has 0 spiro atoms. The second-order valence-electron chi connectivity index (χ2n) is 5.61. The van der Waals surface area contributed by atoms with E-state index in [0.29, 0.717) is 32.7 Å². The van der Waals surface area contributed by atoms with Crippen LogP contribution in [0.4, 0.5) is 5.00 Å². The fourth-order valence-corrected chi connectivity index (χ4v) is 3.65. The van der Waals surface area contributed by atoms with Gasteiger partial charge in [0.2, 0.25) is 0 Å². The smallest absolute Gasteiger partial charge is 0.341 e. The number of thiocarbonyl (C=S) groups is 1. The molecule has 0 atom stereocenters. The van der Waals surface area contributed by atoms with Crippen LogP contribution in [0.2, 0.25) is 0 Å². The minimum Gasteiger partial charge on any atom is -0.465 e. The Morgan fingerprint density at radius 1 is 1.31 bits per heavy atom. The number of methoxy groups -OCH3 is 1. The van der Waals surface area contributed by atoms with Gasteiger partial charge in [-0.1, -0.05) is 0 Å². The van der Waals surface area contributed by atoms with Gasteiger partial charge in [-0.3, -0.25) is 9.78 Å². The molecule has 7 nitrogen and oxygen atoms in total. The Hall–Kier alpha value is -2.52. The molecule has 0 aliphatic carbocycles. The topological polar surface area (TPSA) is 83.6 Å². The van der Waals surface area contributed by atoms with E-state index in [1.807, 2.05) is 12.1 Å². The Morgan fingerprint density at radius 3 is 2.54 bits per heavy atom. The van der Waals surface area contributed by atoms with E-state index in [2.05, 4.69) is 15.6 Å². The molecule has 9 heteroatoms. The zero-order valence-corrected chi connectivity index (χ0v) is 16.6. The molecule has 0 aromatic carbocycles. The maximum absolute atomic E-state index is 12.3. The predicted octanol–water partition coefficient (Wildman–Crippen LogP) is 2.43. The minimum atomic E-state index is -0.518. The van der Waals surface area contributed by atoms with E-state index in [1.54, 1.807) is 33.4 Å². The Morgan fingerprint density at radius 2 is 1.96 bits per heavy atom. The number of aromatic nitrogens is 1. The molecule has 2 rings (SSSR count). The molecule has 138 valence electrons. The van der Waals surface area contributed by atoms with Crippen molar-refractivity contribution in [1.82, 2.24) is 15.2 Å². The quantitative estimate of drug-likeness (QED) is 0.597. The molecule has 0 bridgehead atoms. The molecular formula is C17H20N4O3S2. The number of hydrogen-bond donors (Lipinski definition) is 2. The first-order chi connectivity index (χ1) is 12.3. The average molecular weight is 393 g/mol. The van der Waals surface area contributed by atoms with Crippen molar-refractivity contribution in [3.8, 4) is 0 Å². The van der Waals surface area contributed by atoms with E-state index in [4.69, 9.17) is 17.0 Å². The number of carbonyl (C=O) groups is 2. The highest BCUT2D eigenvalue weighted by molar-refractivity contribution is 7.80. The number of pyridine rings is 1. The normalized spacial score (nSPS) is 10.2. The van der Waals surface area contributed by atoms with Gasteiger partial charge < -0.3 is 20.3 Å². The summed E-state index contributed by atoms with van der Waals surface area (Å²) >= 11 is 6.48. The van der Waals surface area contributed by atoms with Gasteiger partial charge in [-0.25, -0.2) is 4.79 Å². The molecule has 0 saturated heterocycles. The lowest BCUT2D eigenvalue weighted by Crippen LogP contribution is -2.28. The van der Waals surface area contributed by atoms with Crippen molar-refractivity contribution in [2.75, 3.05) is 26.5 Å². The number of amides is 1. The van der Waals surface area contributed by atoms with E-state index < -0.39 is 5.97 Å². The maximum atomic E-state index is 12.3. The summed E-state index contributed by atoms with van der Waals surface area (Å²) in [5, 5.41) is 6.89. The van der Waals surface area contributed by atoms with Crippen molar-refractivity contribution in [2.45, 2.75) is 13.5 Å². The number of nitrogens with one attached hydrogen (secondary N) is 2. The van der Waals surface area contributed by atoms with Crippen LogP contribution in [-0.4, -0.2) is 48.1 Å². The van der Waals surface area contributed by atoms with Gasteiger partial charge in [0.15, 0.2) is 5.11 Å². The van der Waals surface area contributed by atoms with Gasteiger partial charge in [-0.05, 0) is 42.4 Å². The van der Waals surface area contributed by atoms with Crippen molar-refractivity contribution in [1.29, 1.82) is 0 Å². The van der Waals surface area contributed by atoms with Crippen LogP contribution in [-0.2, 0) is 11.3 Å². The highest BCUT2D eigenvalue weighted by atomic mass is 32.1. The van der Waals surface area contributed by atoms with E-state index in [-0.39, 0.29) is 5.91 Å². The summed E-state index contributed by atoms with van der Waals surface area (Å²) in [4.78, 5) is 30.4. The van der Waals surface area contributed by atoms with Gasteiger partial charge in [0.25, 0.3) is 5.91 Å². The molecule has 0 unspecified atom stereocenters. The first kappa shape index (κ1) is 19.8. The van der Waals surface area contributed by atoms with Crippen molar-refractivity contribution in [2.24, 2.45) is 0 Å². The van der Waals surface area contributed by atoms with Crippen LogP contribution < -0.4 is 10.6 Å². The van der Waals surface area contributed by atoms with Crippen LogP contribution in [0.5, 0.6) is 0 Å². The summed E-state index contributed by atoms with van der Waals surface area (Å²) in [5.74, 6) is -0.697. The third kappa shape index (κ3) is 4.55. The number of hydrogen-bond acceptors (Lipinski definition) is 6. The molecule has 2 heterocycles. The molecule has 2 aromatic heterocycles. The van der Waals surface area contributed by atoms with Gasteiger partial charge in [-0.2, -0.15) is 0 Å².